The highest BCUT2D eigenvalue weighted by atomic mass is 32.1. The van der Waals surface area contributed by atoms with E-state index in [2.05, 4.69) is 4.98 Å². The first-order valence-electron chi connectivity index (χ1n) is 10.5. The highest BCUT2D eigenvalue weighted by molar-refractivity contribution is 7.17. The lowest BCUT2D eigenvalue weighted by Gasteiger charge is -2.36. The van der Waals surface area contributed by atoms with Crippen LogP contribution in [0.1, 0.15) is 40.2 Å². The molecular formula is C22H22F3N3O4S. The number of carbonyl (C=O) groups is 3. The van der Waals surface area contributed by atoms with Gasteiger partial charge in [0.15, 0.2) is 0 Å². The average molecular weight is 481 g/mol. The van der Waals surface area contributed by atoms with E-state index in [-0.39, 0.29) is 30.8 Å². The van der Waals surface area contributed by atoms with Crippen LogP contribution in [0.15, 0.2) is 24.3 Å². The monoisotopic (exact) mass is 481 g/mol. The lowest BCUT2D eigenvalue weighted by molar-refractivity contribution is -0.141. The Bertz CT molecular complexity index is 1080. The van der Waals surface area contributed by atoms with Gasteiger partial charge in [0.2, 0.25) is 5.91 Å². The molecule has 11 heteroatoms. The van der Waals surface area contributed by atoms with Crippen molar-refractivity contribution in [2.45, 2.75) is 38.4 Å². The molecule has 0 bridgehead atoms. The summed E-state index contributed by atoms with van der Waals surface area (Å²) >= 11 is 1.14. The smallest absolute Gasteiger partial charge is 0.416 e. The van der Waals surface area contributed by atoms with Crippen LogP contribution in [0.5, 0.6) is 0 Å². The fourth-order valence-electron chi connectivity index (χ4n) is 4.29. The number of aliphatic carboxylic acids is 1. The zero-order valence-electron chi connectivity index (χ0n) is 17.8. The lowest BCUT2D eigenvalue weighted by Crippen LogP contribution is -2.47. The van der Waals surface area contributed by atoms with Gasteiger partial charge in [-0.25, -0.2) is 4.98 Å². The zero-order valence-corrected chi connectivity index (χ0v) is 18.6. The molecule has 176 valence electrons. The summed E-state index contributed by atoms with van der Waals surface area (Å²) in [5, 5.41) is 9.63. The first-order valence-corrected chi connectivity index (χ1v) is 11.3. The van der Waals surface area contributed by atoms with Crippen LogP contribution in [0.25, 0.3) is 10.6 Å². The minimum Gasteiger partial charge on any atom is -0.481 e. The van der Waals surface area contributed by atoms with Gasteiger partial charge in [0.05, 0.1) is 17.2 Å². The summed E-state index contributed by atoms with van der Waals surface area (Å²) in [6.45, 7) is 2.76. The molecule has 7 nitrogen and oxygen atoms in total. The molecule has 0 spiro atoms. The van der Waals surface area contributed by atoms with E-state index >= 15 is 0 Å². The van der Waals surface area contributed by atoms with E-state index in [4.69, 9.17) is 5.11 Å². The Morgan fingerprint density at radius 1 is 1.15 bits per heavy atom. The summed E-state index contributed by atoms with van der Waals surface area (Å²) in [6.07, 6.45) is -3.28. The molecule has 4 rings (SSSR count). The Labute approximate surface area is 191 Å². The number of piperidine rings is 1. The number of aryl methyl sites for hydroxylation is 1. The van der Waals surface area contributed by atoms with Crippen LogP contribution in [0.2, 0.25) is 0 Å². The SMILES string of the molecule is Cc1nc(-c2ccc(C(F)(F)F)cc2)sc1C(=O)N1CCC(N2CC(C(=O)O)CC2=O)CC1. The number of nitrogens with zero attached hydrogens (tertiary/aromatic N) is 3. The molecule has 33 heavy (non-hydrogen) atoms. The fraction of sp³-hybridized carbons (Fsp3) is 0.455. The van der Waals surface area contributed by atoms with Crippen molar-refractivity contribution in [1.29, 1.82) is 0 Å². The molecule has 3 heterocycles. The molecule has 0 saturated carbocycles. The van der Waals surface area contributed by atoms with Crippen LogP contribution < -0.4 is 0 Å². The lowest BCUT2D eigenvalue weighted by atomic mass is 10.0. The number of carboxylic acid groups (broad SMARTS) is 1. The van der Waals surface area contributed by atoms with Crippen LogP contribution in [0.3, 0.4) is 0 Å². The molecule has 0 aliphatic carbocycles. The third-order valence-electron chi connectivity index (χ3n) is 6.15. The van der Waals surface area contributed by atoms with Crippen LogP contribution in [0, 0.1) is 12.8 Å². The van der Waals surface area contributed by atoms with Gasteiger partial charge in [0, 0.05) is 37.7 Å². The number of halogens is 3. The Kier molecular flexibility index (Phi) is 6.17. The molecule has 1 aromatic heterocycles. The molecule has 1 N–H and O–H groups in total. The number of hydrogen-bond donors (Lipinski definition) is 1. The van der Waals surface area contributed by atoms with E-state index in [1.165, 1.54) is 12.1 Å². The topological polar surface area (TPSA) is 90.8 Å². The summed E-state index contributed by atoms with van der Waals surface area (Å²) in [5.74, 6) is -2.01. The summed E-state index contributed by atoms with van der Waals surface area (Å²) in [5.41, 5.74) is 0.278. The van der Waals surface area contributed by atoms with Crippen molar-refractivity contribution < 1.29 is 32.7 Å². The highest BCUT2D eigenvalue weighted by Gasteiger charge is 2.39. The standard InChI is InChI=1S/C22H22F3N3O4S/c1-12-18(33-19(26-12)13-2-4-15(5-3-13)22(23,24)25)20(30)27-8-6-16(7-9-27)28-11-14(21(31)32)10-17(28)29/h2-5,14,16H,6-11H2,1H3,(H,31,32). The maximum Gasteiger partial charge on any atom is 0.416 e. The normalized spacial score (nSPS) is 19.9. The maximum absolute atomic E-state index is 13.1. The molecule has 1 aromatic carbocycles. The number of alkyl halides is 3. The summed E-state index contributed by atoms with van der Waals surface area (Å²) in [4.78, 5) is 44.6. The number of carboxylic acids is 1. The van der Waals surface area contributed by atoms with Crippen LogP contribution in [0.4, 0.5) is 13.2 Å². The number of carbonyl (C=O) groups excluding carboxylic acids is 2. The molecular weight excluding hydrogens is 459 g/mol. The van der Waals surface area contributed by atoms with Crippen molar-refractivity contribution in [3.8, 4) is 10.6 Å². The van der Waals surface area contributed by atoms with Crippen molar-refractivity contribution >= 4 is 29.1 Å². The summed E-state index contributed by atoms with van der Waals surface area (Å²) in [6, 6.07) is 4.59. The van der Waals surface area contributed by atoms with Crippen molar-refractivity contribution in [2.75, 3.05) is 19.6 Å². The van der Waals surface area contributed by atoms with Gasteiger partial charge in [-0.3, -0.25) is 14.4 Å². The quantitative estimate of drug-likeness (QED) is 0.720. The van der Waals surface area contributed by atoms with E-state index in [0.29, 0.717) is 47.1 Å². The molecule has 1 unspecified atom stereocenters. The van der Waals surface area contributed by atoms with Gasteiger partial charge < -0.3 is 14.9 Å². The van der Waals surface area contributed by atoms with Gasteiger partial charge in [0.1, 0.15) is 9.88 Å². The second-order valence-electron chi connectivity index (χ2n) is 8.32. The summed E-state index contributed by atoms with van der Waals surface area (Å²) in [7, 11) is 0. The minimum absolute atomic E-state index is 0.0151. The Hall–Kier alpha value is -2.95. The van der Waals surface area contributed by atoms with Gasteiger partial charge >= 0.3 is 12.1 Å². The molecule has 2 fully saturated rings. The molecule has 0 radical (unpaired) electrons. The fourth-order valence-corrected chi connectivity index (χ4v) is 5.33. The third-order valence-corrected chi connectivity index (χ3v) is 7.34. The van der Waals surface area contributed by atoms with Crippen LogP contribution in [-0.2, 0) is 15.8 Å². The highest BCUT2D eigenvalue weighted by Crippen LogP contribution is 2.34. The Morgan fingerprint density at radius 2 is 1.79 bits per heavy atom. The number of benzene rings is 1. The van der Waals surface area contributed by atoms with E-state index < -0.39 is 23.6 Å². The molecule has 2 saturated heterocycles. The van der Waals surface area contributed by atoms with Crippen molar-refractivity contribution in [3.63, 3.8) is 0 Å². The van der Waals surface area contributed by atoms with Crippen molar-refractivity contribution in [1.82, 2.24) is 14.8 Å². The first kappa shape index (κ1) is 23.2. The number of aromatic nitrogens is 1. The predicted octanol–water partition coefficient (Wildman–Crippen LogP) is 3.68. The molecule has 2 aliphatic heterocycles. The number of amides is 2. The number of thiazole rings is 1. The molecule has 2 aromatic rings. The second kappa shape index (κ2) is 8.77. The molecule has 1 atom stereocenters. The van der Waals surface area contributed by atoms with E-state index in [0.717, 1.165) is 23.5 Å². The van der Waals surface area contributed by atoms with Crippen LogP contribution in [-0.4, -0.2) is 63.4 Å². The van der Waals surface area contributed by atoms with Gasteiger partial charge in [-0.2, -0.15) is 13.2 Å². The number of likely N-dealkylation sites (tertiary alicyclic amines) is 2. The Morgan fingerprint density at radius 3 is 2.33 bits per heavy atom. The van der Waals surface area contributed by atoms with E-state index in [1.807, 2.05) is 0 Å². The Balaban J connectivity index is 1.41. The minimum atomic E-state index is -4.42. The van der Waals surface area contributed by atoms with Gasteiger partial charge in [-0.15, -0.1) is 11.3 Å². The molecule has 2 aliphatic rings. The zero-order chi connectivity index (χ0) is 23.9. The first-order chi connectivity index (χ1) is 15.5. The van der Waals surface area contributed by atoms with E-state index in [1.54, 1.807) is 16.7 Å². The van der Waals surface area contributed by atoms with Gasteiger partial charge in [0.25, 0.3) is 5.91 Å². The second-order valence-corrected chi connectivity index (χ2v) is 9.32. The summed E-state index contributed by atoms with van der Waals surface area (Å²) < 4.78 is 38.4. The van der Waals surface area contributed by atoms with Crippen molar-refractivity contribution in [2.24, 2.45) is 5.92 Å². The predicted molar refractivity (Wildman–Crippen MR) is 114 cm³/mol. The van der Waals surface area contributed by atoms with Gasteiger partial charge in [-0.05, 0) is 31.9 Å². The maximum atomic E-state index is 13.1. The largest absolute Gasteiger partial charge is 0.481 e. The number of rotatable bonds is 4. The average Bonchev–Trinajstić information content (AvgIpc) is 3.36. The molecule has 2 amide bonds. The number of hydrogen-bond acceptors (Lipinski definition) is 5. The van der Waals surface area contributed by atoms with Crippen molar-refractivity contribution in [3.05, 3.63) is 40.4 Å². The third kappa shape index (κ3) is 4.73. The van der Waals surface area contributed by atoms with Crippen LogP contribution >= 0.6 is 11.3 Å². The van der Waals surface area contributed by atoms with E-state index in [9.17, 15) is 27.6 Å². The van der Waals surface area contributed by atoms with Gasteiger partial charge in [-0.1, -0.05) is 12.1 Å².